The standard InChI is InChI=1S/C21H32N4O3/c1-5-24(6-2)21(28)25-12-10-16(11-13-25)20(27)23-18-9-7-8-17(14-18)22-19(26)15(3)4/h7-9,14-16H,5-6,10-13H2,1-4H3,(H,22,26)(H,23,27). The predicted octanol–water partition coefficient (Wildman–Crippen LogP) is 3.39. The lowest BCUT2D eigenvalue weighted by atomic mass is 9.96. The number of nitrogens with one attached hydrogen (secondary N) is 2. The highest BCUT2D eigenvalue weighted by atomic mass is 16.2. The van der Waals surface area contributed by atoms with Crippen LogP contribution in [-0.2, 0) is 9.59 Å². The first-order valence-electron chi connectivity index (χ1n) is 10.1. The van der Waals surface area contributed by atoms with Crippen molar-refractivity contribution in [2.45, 2.75) is 40.5 Å². The van der Waals surface area contributed by atoms with Crippen molar-refractivity contribution in [2.24, 2.45) is 11.8 Å². The number of piperidine rings is 1. The largest absolute Gasteiger partial charge is 0.326 e. The third-order valence-corrected chi connectivity index (χ3v) is 5.09. The number of hydrogen-bond acceptors (Lipinski definition) is 3. The van der Waals surface area contributed by atoms with Crippen molar-refractivity contribution < 1.29 is 14.4 Å². The van der Waals surface area contributed by atoms with Crippen LogP contribution in [0.25, 0.3) is 0 Å². The molecule has 28 heavy (non-hydrogen) atoms. The van der Waals surface area contributed by atoms with Gasteiger partial charge in [0.05, 0.1) is 0 Å². The summed E-state index contributed by atoms with van der Waals surface area (Å²) in [5, 5.41) is 5.77. The minimum Gasteiger partial charge on any atom is -0.326 e. The molecule has 4 amide bonds. The Kier molecular flexibility index (Phi) is 7.84. The predicted molar refractivity (Wildman–Crippen MR) is 111 cm³/mol. The van der Waals surface area contributed by atoms with E-state index < -0.39 is 0 Å². The maximum Gasteiger partial charge on any atom is 0.319 e. The average Bonchev–Trinajstić information content (AvgIpc) is 2.69. The topological polar surface area (TPSA) is 81.8 Å². The second-order valence-corrected chi connectivity index (χ2v) is 7.43. The molecule has 0 atom stereocenters. The molecule has 1 aliphatic rings. The van der Waals surface area contributed by atoms with Gasteiger partial charge in [-0.05, 0) is 44.9 Å². The summed E-state index contributed by atoms with van der Waals surface area (Å²) in [4.78, 5) is 40.5. The van der Waals surface area contributed by atoms with Gasteiger partial charge in [0, 0.05) is 49.4 Å². The lowest BCUT2D eigenvalue weighted by Gasteiger charge is -2.34. The number of carbonyl (C=O) groups excluding carboxylic acids is 3. The average molecular weight is 389 g/mol. The Morgan fingerprint density at radius 1 is 1.07 bits per heavy atom. The Hall–Kier alpha value is -2.57. The molecule has 0 radical (unpaired) electrons. The maximum absolute atomic E-state index is 12.6. The number of urea groups is 1. The number of carbonyl (C=O) groups is 3. The summed E-state index contributed by atoms with van der Waals surface area (Å²) < 4.78 is 0. The van der Waals surface area contributed by atoms with Crippen LogP contribution in [-0.4, -0.2) is 53.8 Å². The van der Waals surface area contributed by atoms with Gasteiger partial charge < -0.3 is 20.4 Å². The van der Waals surface area contributed by atoms with E-state index in [4.69, 9.17) is 0 Å². The number of nitrogens with zero attached hydrogens (tertiary/aromatic N) is 2. The first-order chi connectivity index (χ1) is 13.3. The van der Waals surface area contributed by atoms with Gasteiger partial charge in [-0.2, -0.15) is 0 Å². The van der Waals surface area contributed by atoms with Crippen molar-refractivity contribution in [3.63, 3.8) is 0 Å². The van der Waals surface area contributed by atoms with Crippen LogP contribution in [0.2, 0.25) is 0 Å². The summed E-state index contributed by atoms with van der Waals surface area (Å²) >= 11 is 0. The van der Waals surface area contributed by atoms with Crippen molar-refractivity contribution in [1.29, 1.82) is 0 Å². The summed E-state index contributed by atoms with van der Waals surface area (Å²) in [6, 6.07) is 7.22. The number of rotatable bonds is 6. The van der Waals surface area contributed by atoms with Gasteiger partial charge in [0.2, 0.25) is 11.8 Å². The fraction of sp³-hybridized carbons (Fsp3) is 0.571. The van der Waals surface area contributed by atoms with E-state index >= 15 is 0 Å². The quantitative estimate of drug-likeness (QED) is 0.784. The molecule has 1 saturated heterocycles. The van der Waals surface area contributed by atoms with Crippen molar-refractivity contribution in [2.75, 3.05) is 36.8 Å². The Morgan fingerprint density at radius 3 is 2.18 bits per heavy atom. The number of amides is 4. The molecule has 1 aromatic rings. The van der Waals surface area contributed by atoms with Crippen molar-refractivity contribution in [1.82, 2.24) is 9.80 Å². The van der Waals surface area contributed by atoms with E-state index in [2.05, 4.69) is 10.6 Å². The molecule has 2 rings (SSSR count). The molecule has 0 saturated carbocycles. The smallest absolute Gasteiger partial charge is 0.319 e. The molecule has 1 fully saturated rings. The summed E-state index contributed by atoms with van der Waals surface area (Å²) in [6.07, 6.45) is 1.31. The van der Waals surface area contributed by atoms with E-state index in [1.165, 1.54) is 0 Å². The Labute approximate surface area is 167 Å². The zero-order chi connectivity index (χ0) is 20.7. The van der Waals surface area contributed by atoms with Gasteiger partial charge in [-0.1, -0.05) is 19.9 Å². The van der Waals surface area contributed by atoms with Gasteiger partial charge in [0.15, 0.2) is 0 Å². The molecule has 0 unspecified atom stereocenters. The fourth-order valence-electron chi connectivity index (χ4n) is 3.23. The minimum absolute atomic E-state index is 0.0396. The van der Waals surface area contributed by atoms with Gasteiger partial charge >= 0.3 is 6.03 Å². The molecule has 7 heteroatoms. The molecule has 0 bridgehead atoms. The molecule has 2 N–H and O–H groups in total. The highest BCUT2D eigenvalue weighted by molar-refractivity contribution is 5.95. The highest BCUT2D eigenvalue weighted by Gasteiger charge is 2.28. The molecule has 1 heterocycles. The van der Waals surface area contributed by atoms with Crippen LogP contribution in [0.4, 0.5) is 16.2 Å². The summed E-state index contributed by atoms with van der Waals surface area (Å²) in [6.45, 7) is 10.2. The highest BCUT2D eigenvalue weighted by Crippen LogP contribution is 2.22. The van der Waals surface area contributed by atoms with E-state index in [0.717, 1.165) is 0 Å². The van der Waals surface area contributed by atoms with Crippen molar-refractivity contribution in [3.05, 3.63) is 24.3 Å². The summed E-state index contributed by atoms with van der Waals surface area (Å²) in [5.74, 6) is -0.326. The molecule has 1 aliphatic heterocycles. The second-order valence-electron chi connectivity index (χ2n) is 7.43. The number of likely N-dealkylation sites (tertiary alicyclic amines) is 1. The lowest BCUT2D eigenvalue weighted by molar-refractivity contribution is -0.121. The molecule has 154 valence electrons. The Bertz CT molecular complexity index is 693. The number of anilines is 2. The first-order valence-corrected chi connectivity index (χ1v) is 10.1. The second kappa shape index (κ2) is 10.1. The first kappa shape index (κ1) is 21.7. The molecular weight excluding hydrogens is 356 g/mol. The summed E-state index contributed by atoms with van der Waals surface area (Å²) in [7, 11) is 0. The van der Waals surface area contributed by atoms with Gasteiger partial charge in [0.25, 0.3) is 0 Å². The monoisotopic (exact) mass is 388 g/mol. The lowest BCUT2D eigenvalue weighted by Crippen LogP contribution is -2.47. The van der Waals surface area contributed by atoms with Crippen LogP contribution in [0.5, 0.6) is 0 Å². The normalized spacial score (nSPS) is 14.7. The van der Waals surface area contributed by atoms with Gasteiger partial charge in [-0.25, -0.2) is 4.79 Å². The van der Waals surface area contributed by atoms with E-state index in [1.54, 1.807) is 23.1 Å². The Balaban J connectivity index is 1.89. The summed E-state index contributed by atoms with van der Waals surface area (Å²) in [5.41, 5.74) is 1.32. The van der Waals surface area contributed by atoms with Crippen LogP contribution in [0.1, 0.15) is 40.5 Å². The van der Waals surface area contributed by atoms with Crippen LogP contribution >= 0.6 is 0 Å². The third kappa shape index (κ3) is 5.71. The maximum atomic E-state index is 12.6. The van der Waals surface area contributed by atoms with Crippen molar-refractivity contribution in [3.8, 4) is 0 Å². The third-order valence-electron chi connectivity index (χ3n) is 5.09. The van der Waals surface area contributed by atoms with E-state index in [9.17, 15) is 14.4 Å². The molecule has 0 aliphatic carbocycles. The van der Waals surface area contributed by atoms with Crippen LogP contribution < -0.4 is 10.6 Å². The zero-order valence-corrected chi connectivity index (χ0v) is 17.3. The van der Waals surface area contributed by atoms with Gasteiger partial charge in [-0.3, -0.25) is 9.59 Å². The van der Waals surface area contributed by atoms with Crippen molar-refractivity contribution >= 4 is 29.2 Å². The fourth-order valence-corrected chi connectivity index (χ4v) is 3.23. The minimum atomic E-state index is -0.116. The molecule has 7 nitrogen and oxygen atoms in total. The molecule has 1 aromatic carbocycles. The van der Waals surface area contributed by atoms with Gasteiger partial charge in [-0.15, -0.1) is 0 Å². The Morgan fingerprint density at radius 2 is 1.64 bits per heavy atom. The van der Waals surface area contributed by atoms with Gasteiger partial charge in [0.1, 0.15) is 0 Å². The SMILES string of the molecule is CCN(CC)C(=O)N1CCC(C(=O)Nc2cccc(NC(=O)C(C)C)c2)CC1. The van der Waals surface area contributed by atoms with Crippen LogP contribution in [0, 0.1) is 11.8 Å². The number of hydrogen-bond donors (Lipinski definition) is 2. The van der Waals surface area contributed by atoms with Crippen LogP contribution in [0.15, 0.2) is 24.3 Å². The van der Waals surface area contributed by atoms with Crippen LogP contribution in [0.3, 0.4) is 0 Å². The van der Waals surface area contributed by atoms with E-state index in [0.29, 0.717) is 50.4 Å². The number of benzene rings is 1. The molecule has 0 aromatic heterocycles. The van der Waals surface area contributed by atoms with E-state index in [-0.39, 0.29) is 29.7 Å². The molecule has 0 spiro atoms. The molecular formula is C21H32N4O3. The zero-order valence-electron chi connectivity index (χ0n) is 17.3. The van der Waals surface area contributed by atoms with E-state index in [1.807, 2.05) is 38.7 Å².